The van der Waals surface area contributed by atoms with Gasteiger partial charge in [0.05, 0.1) is 40.7 Å². The fourth-order valence-corrected chi connectivity index (χ4v) is 12.3. The molecule has 24 heteroatoms. The summed E-state index contributed by atoms with van der Waals surface area (Å²) in [5.74, 6) is -13.3. The lowest BCUT2D eigenvalue weighted by Crippen LogP contribution is -2.62. The summed E-state index contributed by atoms with van der Waals surface area (Å²) < 4.78 is -1.06. The summed E-state index contributed by atoms with van der Waals surface area (Å²) in [5.41, 5.74) is 17.7. The first-order valence-corrected chi connectivity index (χ1v) is 25.6. The van der Waals surface area contributed by atoms with E-state index in [9.17, 15) is 48.3 Å². The maximum absolute atomic E-state index is 15.6. The Morgan fingerprint density at radius 2 is 1.40 bits per heavy atom. The molecular formula is C46H67N9O13S2. The lowest BCUT2D eigenvalue weighted by molar-refractivity contribution is -0.161. The van der Waals surface area contributed by atoms with Gasteiger partial charge in [-0.05, 0) is 49.5 Å². The first-order valence-electron chi connectivity index (χ1n) is 23.6. The molecule has 1 aromatic rings. The van der Waals surface area contributed by atoms with E-state index in [0.29, 0.717) is 43.6 Å². The van der Waals surface area contributed by atoms with Crippen LogP contribution in [0, 0.1) is 17.8 Å². The summed E-state index contributed by atoms with van der Waals surface area (Å²) in [6, 6.07) is -2.57. The van der Waals surface area contributed by atoms with Gasteiger partial charge in [-0.15, -0.1) is 23.5 Å². The molecular weight excluding hydrogens is 951 g/mol. The second-order valence-corrected chi connectivity index (χ2v) is 21.2. The van der Waals surface area contributed by atoms with Crippen molar-refractivity contribution in [2.24, 2.45) is 35.0 Å². The van der Waals surface area contributed by atoms with Gasteiger partial charge in [0.25, 0.3) is 11.8 Å². The zero-order chi connectivity index (χ0) is 51.9. The Morgan fingerprint density at radius 1 is 0.786 bits per heavy atom. The highest BCUT2D eigenvalue weighted by atomic mass is 32.2. The van der Waals surface area contributed by atoms with Crippen LogP contribution in [-0.4, -0.2) is 145 Å². The van der Waals surface area contributed by atoms with Crippen LogP contribution in [0.3, 0.4) is 0 Å². The van der Waals surface area contributed by atoms with E-state index in [1.165, 1.54) is 35.7 Å². The molecule has 0 radical (unpaired) electrons. The number of ketones is 2. The van der Waals surface area contributed by atoms with Crippen molar-refractivity contribution in [1.29, 1.82) is 0 Å². The number of rotatable bonds is 25. The summed E-state index contributed by atoms with van der Waals surface area (Å²) in [6.07, 6.45) is 1.90. The minimum atomic E-state index is -1.69. The number of imide groups is 3. The van der Waals surface area contributed by atoms with E-state index in [4.69, 9.17) is 22.3 Å². The molecule has 1 spiro atoms. The summed E-state index contributed by atoms with van der Waals surface area (Å²) >= 11 is 2.78. The molecule has 13 N–H and O–H groups in total. The number of benzene rings is 1. The van der Waals surface area contributed by atoms with Gasteiger partial charge in [-0.1, -0.05) is 76.8 Å². The van der Waals surface area contributed by atoms with Gasteiger partial charge in [0.15, 0.2) is 5.78 Å². The predicted octanol–water partition coefficient (Wildman–Crippen LogP) is -0.538. The van der Waals surface area contributed by atoms with Gasteiger partial charge in [-0.25, -0.2) is 4.90 Å². The van der Waals surface area contributed by atoms with Crippen molar-refractivity contribution in [2.75, 3.05) is 24.6 Å². The van der Waals surface area contributed by atoms with Crippen LogP contribution in [0.15, 0.2) is 30.3 Å². The number of Topliss-reactive ketones (excluding diaryl/α,β-unsaturated/α-hetero) is 2. The molecule has 0 aromatic heterocycles. The third-order valence-electron chi connectivity index (χ3n) is 12.6. The van der Waals surface area contributed by atoms with Gasteiger partial charge in [0, 0.05) is 30.9 Å². The van der Waals surface area contributed by atoms with Crippen molar-refractivity contribution >= 4 is 88.4 Å². The van der Waals surface area contributed by atoms with Crippen molar-refractivity contribution < 1.29 is 63.0 Å². The summed E-state index contributed by atoms with van der Waals surface area (Å²) in [5, 5.41) is 31.8. The molecule has 386 valence electrons. The van der Waals surface area contributed by atoms with E-state index < -0.39 is 155 Å². The van der Waals surface area contributed by atoms with E-state index in [1.807, 2.05) is 0 Å². The van der Waals surface area contributed by atoms with E-state index in [1.54, 1.807) is 39.0 Å². The predicted molar refractivity (Wildman–Crippen MR) is 258 cm³/mol. The van der Waals surface area contributed by atoms with Gasteiger partial charge in [0.2, 0.25) is 29.4 Å². The number of carboxylic acid groups (broad SMARTS) is 2. The van der Waals surface area contributed by atoms with Gasteiger partial charge in [-0.3, -0.25) is 52.7 Å². The van der Waals surface area contributed by atoms with Crippen LogP contribution in [0.1, 0.15) is 103 Å². The molecule has 8 atom stereocenters. The van der Waals surface area contributed by atoms with Gasteiger partial charge in [-0.2, -0.15) is 0 Å². The van der Waals surface area contributed by atoms with Crippen LogP contribution in [0.4, 0.5) is 0 Å². The Hall–Kier alpha value is -5.27. The number of aliphatic carboxylic acids is 2. The van der Waals surface area contributed by atoms with Crippen LogP contribution < -0.4 is 43.8 Å². The normalized spacial score (nSPS) is 20.2. The van der Waals surface area contributed by atoms with Crippen LogP contribution in [-0.2, 0) is 52.7 Å². The first-order chi connectivity index (χ1) is 33.2. The zero-order valence-electron chi connectivity index (χ0n) is 39.6. The quantitative estimate of drug-likeness (QED) is 0.0550. The average molecular weight is 1020 g/mol. The Labute approximate surface area is 414 Å². The highest BCUT2D eigenvalue weighted by molar-refractivity contribution is 8.21. The van der Waals surface area contributed by atoms with Crippen LogP contribution >= 0.6 is 23.5 Å². The van der Waals surface area contributed by atoms with Gasteiger partial charge in [0.1, 0.15) is 18.1 Å². The van der Waals surface area contributed by atoms with Crippen LogP contribution in [0.5, 0.6) is 0 Å². The molecule has 2 heterocycles. The SMILES string of the molecule is CCCC(N)C(=O)C(=O)N(C(=O)C(NC(=O)CN)c1ccccc1)C(=O)C1NCC2(SCCS2)C1C(=O)C(NC(=O)[C@@H](NC(=O)[C@H](CCC(=O)O)NC(=O)C(N)CCC(=O)O)C(C)C)C1CCCCC1. The average Bonchev–Trinajstić information content (AvgIpc) is 3.98. The second-order valence-electron chi connectivity index (χ2n) is 18.1. The van der Waals surface area contributed by atoms with Crippen molar-refractivity contribution in [3.8, 4) is 0 Å². The Balaban J connectivity index is 1.76. The highest BCUT2D eigenvalue weighted by Gasteiger charge is 2.60. The van der Waals surface area contributed by atoms with E-state index in [2.05, 4.69) is 26.6 Å². The summed E-state index contributed by atoms with van der Waals surface area (Å²) in [7, 11) is 0. The van der Waals surface area contributed by atoms with Gasteiger partial charge < -0.3 is 54.0 Å². The Bertz CT molecular complexity index is 2100. The number of hydrogen-bond donors (Lipinski definition) is 10. The highest BCUT2D eigenvalue weighted by Crippen LogP contribution is 2.54. The lowest BCUT2D eigenvalue weighted by Gasteiger charge is -2.38. The number of nitrogens with zero attached hydrogens (tertiary/aromatic N) is 1. The number of amides is 7. The largest absolute Gasteiger partial charge is 0.481 e. The number of carboxylic acids is 2. The fourth-order valence-electron chi connectivity index (χ4n) is 8.88. The van der Waals surface area contributed by atoms with Crippen molar-refractivity contribution in [2.45, 2.75) is 138 Å². The third-order valence-corrected chi connectivity index (χ3v) is 16.2. The minimum Gasteiger partial charge on any atom is -0.481 e. The Kier molecular flexibility index (Phi) is 21.9. The molecule has 22 nitrogen and oxygen atoms in total. The lowest BCUT2D eigenvalue weighted by atomic mass is 9.77. The molecule has 6 unspecified atom stereocenters. The maximum atomic E-state index is 15.6. The Morgan fingerprint density at radius 3 is 1.97 bits per heavy atom. The van der Waals surface area contributed by atoms with Crippen molar-refractivity contribution in [3.63, 3.8) is 0 Å². The van der Waals surface area contributed by atoms with E-state index >= 15 is 9.59 Å². The summed E-state index contributed by atoms with van der Waals surface area (Å²) in [4.78, 5) is 151. The molecule has 1 aromatic carbocycles. The number of thioether (sulfide) groups is 2. The topological polar surface area (TPSA) is 370 Å². The molecule has 1 aliphatic carbocycles. The maximum Gasteiger partial charge on any atom is 0.305 e. The molecule has 2 saturated heterocycles. The molecule has 1 saturated carbocycles. The smallest absolute Gasteiger partial charge is 0.305 e. The number of nitrogens with two attached hydrogens (primary N) is 3. The minimum absolute atomic E-state index is 0.0279. The number of carbonyl (C=O) groups excluding carboxylic acids is 9. The molecule has 4 rings (SSSR count). The molecule has 3 fully saturated rings. The summed E-state index contributed by atoms with van der Waals surface area (Å²) in [6.45, 7) is 4.40. The molecule has 70 heavy (non-hydrogen) atoms. The number of hydrogen-bond acceptors (Lipinski definition) is 17. The van der Waals surface area contributed by atoms with Crippen molar-refractivity contribution in [1.82, 2.24) is 31.5 Å². The molecule has 3 aliphatic rings. The molecule has 0 bridgehead atoms. The van der Waals surface area contributed by atoms with E-state index in [-0.39, 0.29) is 29.8 Å². The van der Waals surface area contributed by atoms with Gasteiger partial charge >= 0.3 is 17.8 Å². The zero-order valence-corrected chi connectivity index (χ0v) is 41.3. The molecule has 2 aliphatic heterocycles. The first kappa shape index (κ1) is 57.3. The third kappa shape index (κ3) is 14.9. The second kappa shape index (κ2) is 26.8. The van der Waals surface area contributed by atoms with Crippen molar-refractivity contribution in [3.05, 3.63) is 35.9 Å². The monoisotopic (exact) mass is 1020 g/mol. The number of carbonyl (C=O) groups is 11. The molecule has 7 amide bonds. The fraction of sp³-hybridized carbons (Fsp3) is 0.630. The number of nitrogens with one attached hydrogen (secondary N) is 5. The van der Waals surface area contributed by atoms with Crippen LogP contribution in [0.25, 0.3) is 0 Å². The van der Waals surface area contributed by atoms with E-state index in [0.717, 1.165) is 6.42 Å². The standard InChI is InChI=1S/C46H67N9O13S2/c1-4-11-27(48)38(61)45(68)55(43(66)36(52-30(56)22-47)26-14-9-6-10-15-26)44(67)37-33(46(23-50-37)69-20-21-70-46)39(62)35(25-12-7-5-8-13-25)54-42(65)34(24(2)3)53-41(64)29(17-19-32(59)60)51-40(63)28(49)16-18-31(57)58/h6,9-10,14-15,24-25,27-29,33-37,50H,4-5,7-8,11-13,16-23,47-49H2,1-3H3,(H,51,63)(H,52,56)(H,53,64)(H,54,65)(H,57,58)(H,59,60)/t27?,28?,29-,33?,34-,35?,36?,37?/m0/s1. The van der Waals surface area contributed by atoms with Crippen LogP contribution in [0.2, 0.25) is 0 Å².